The monoisotopic (exact) mass is 470 g/mol. The van der Waals surface area contributed by atoms with Gasteiger partial charge in [0.05, 0.1) is 27.7 Å². The molecule has 0 radical (unpaired) electrons. The maximum atomic E-state index is 5.97. The molecule has 0 aliphatic heterocycles. The highest BCUT2D eigenvalue weighted by Crippen LogP contribution is 2.44. The van der Waals surface area contributed by atoms with Gasteiger partial charge in [0.25, 0.3) is 0 Å². The van der Waals surface area contributed by atoms with Crippen LogP contribution in [0, 0.1) is 0 Å². The van der Waals surface area contributed by atoms with Gasteiger partial charge in [0.1, 0.15) is 0 Å². The average Bonchev–Trinajstić information content (AvgIpc) is 2.69. The highest BCUT2D eigenvalue weighted by atomic mass is 33.5. The standard InChI is InChI=1S/C20H46O2S3Si2/c1-7-11-15-26(16-12-8-2)19(21-5)23-25-24-20(22-6)27(17-13-9-3)18-14-10-4/h19-20,26-27H,7-18H2,1-6H3. The van der Waals surface area contributed by atoms with E-state index in [2.05, 4.69) is 27.7 Å². The number of hydrogen-bond acceptors (Lipinski definition) is 5. The summed E-state index contributed by atoms with van der Waals surface area (Å²) in [4.78, 5) is 0. The summed E-state index contributed by atoms with van der Waals surface area (Å²) in [7, 11) is 8.13. The quantitative estimate of drug-likeness (QED) is 0.103. The topological polar surface area (TPSA) is 18.5 Å². The minimum absolute atomic E-state index is 0.449. The van der Waals surface area contributed by atoms with Crippen LogP contribution < -0.4 is 0 Å². The Morgan fingerprint density at radius 3 is 1.11 bits per heavy atom. The molecule has 0 N–H and O–H groups in total. The van der Waals surface area contributed by atoms with Gasteiger partial charge in [-0.3, -0.25) is 0 Å². The maximum absolute atomic E-state index is 5.97. The van der Waals surface area contributed by atoms with E-state index < -0.39 is 17.6 Å². The van der Waals surface area contributed by atoms with E-state index >= 15 is 0 Å². The molecular formula is C20H46O2S3Si2. The SMILES string of the molecule is CCCC[SiH](CCCC)C(OC)SSSC(OC)[SiH](CCCC)CCCC. The molecule has 0 aliphatic carbocycles. The maximum Gasteiger partial charge on any atom is 0.0984 e. The lowest BCUT2D eigenvalue weighted by atomic mass is 10.4. The lowest BCUT2D eigenvalue weighted by Crippen LogP contribution is -2.30. The fourth-order valence-corrected chi connectivity index (χ4v) is 21.0. The molecule has 0 spiro atoms. The number of hydrogen-bond donors (Lipinski definition) is 0. The molecule has 2 atom stereocenters. The van der Waals surface area contributed by atoms with Gasteiger partial charge < -0.3 is 9.47 Å². The van der Waals surface area contributed by atoms with Crippen LogP contribution in [0.25, 0.3) is 0 Å². The smallest absolute Gasteiger partial charge is 0.0984 e. The molecular weight excluding hydrogens is 425 g/mol. The predicted molar refractivity (Wildman–Crippen MR) is 138 cm³/mol. The van der Waals surface area contributed by atoms with Crippen LogP contribution in [0.5, 0.6) is 0 Å². The number of ether oxygens (including phenoxy) is 2. The summed E-state index contributed by atoms with van der Waals surface area (Å²) in [6.45, 7) is 9.24. The van der Waals surface area contributed by atoms with E-state index in [4.69, 9.17) is 9.47 Å². The largest absolute Gasteiger partial charge is 0.374 e. The molecule has 0 saturated heterocycles. The van der Waals surface area contributed by atoms with Crippen molar-refractivity contribution in [3.63, 3.8) is 0 Å². The first kappa shape index (κ1) is 28.4. The molecule has 0 aromatic carbocycles. The summed E-state index contributed by atoms with van der Waals surface area (Å²) in [6, 6.07) is 5.74. The van der Waals surface area contributed by atoms with E-state index in [-0.39, 0.29) is 0 Å². The van der Waals surface area contributed by atoms with Crippen LogP contribution in [0.4, 0.5) is 0 Å². The van der Waals surface area contributed by atoms with Crippen LogP contribution in [-0.4, -0.2) is 41.9 Å². The third-order valence-electron chi connectivity index (χ3n) is 5.22. The Balaban J connectivity index is 4.60. The lowest BCUT2D eigenvalue weighted by molar-refractivity contribution is 0.224. The molecule has 0 saturated carbocycles. The molecule has 0 bridgehead atoms. The first-order valence-electron chi connectivity index (χ1n) is 11.2. The Labute approximate surface area is 185 Å². The third kappa shape index (κ3) is 14.1. The normalized spacial score (nSPS) is 14.2. The summed E-state index contributed by atoms with van der Waals surface area (Å²) < 4.78 is 11.9. The van der Waals surface area contributed by atoms with Crippen LogP contribution in [0.1, 0.15) is 79.1 Å². The van der Waals surface area contributed by atoms with Crippen molar-refractivity contribution in [3.8, 4) is 0 Å². The minimum atomic E-state index is -0.840. The van der Waals surface area contributed by atoms with Gasteiger partial charge in [-0.1, -0.05) is 125 Å². The van der Waals surface area contributed by atoms with Crippen molar-refractivity contribution in [1.29, 1.82) is 0 Å². The zero-order chi connectivity index (χ0) is 20.3. The van der Waals surface area contributed by atoms with Crippen LogP contribution >= 0.6 is 31.4 Å². The summed E-state index contributed by atoms with van der Waals surface area (Å²) >= 11 is 0. The number of unbranched alkanes of at least 4 members (excludes halogenated alkanes) is 4. The van der Waals surface area contributed by atoms with E-state index in [1.807, 2.05) is 45.6 Å². The Hall–Kier alpha value is 1.40. The highest BCUT2D eigenvalue weighted by molar-refractivity contribution is 9.09. The molecule has 0 aromatic heterocycles. The van der Waals surface area contributed by atoms with Crippen molar-refractivity contribution in [2.24, 2.45) is 0 Å². The van der Waals surface area contributed by atoms with Crippen molar-refractivity contribution < 1.29 is 9.47 Å². The van der Waals surface area contributed by atoms with E-state index in [9.17, 15) is 0 Å². The number of methoxy groups -OCH3 is 2. The zero-order valence-electron chi connectivity index (χ0n) is 18.8. The van der Waals surface area contributed by atoms with Crippen molar-refractivity contribution in [2.45, 2.75) is 113 Å². The Bertz CT molecular complexity index is 271. The van der Waals surface area contributed by atoms with Crippen LogP contribution in [-0.2, 0) is 9.47 Å². The van der Waals surface area contributed by atoms with E-state index in [1.165, 1.54) is 75.5 Å². The van der Waals surface area contributed by atoms with E-state index in [0.29, 0.717) is 10.1 Å². The van der Waals surface area contributed by atoms with Crippen LogP contribution in [0.2, 0.25) is 24.2 Å². The van der Waals surface area contributed by atoms with Gasteiger partial charge in [-0.15, -0.1) is 0 Å². The van der Waals surface area contributed by atoms with Crippen LogP contribution in [0.15, 0.2) is 0 Å². The molecule has 164 valence electrons. The minimum Gasteiger partial charge on any atom is -0.374 e. The third-order valence-corrected chi connectivity index (χ3v) is 20.2. The van der Waals surface area contributed by atoms with Gasteiger partial charge in [0.2, 0.25) is 0 Å². The Morgan fingerprint density at radius 1 is 0.593 bits per heavy atom. The summed E-state index contributed by atoms with van der Waals surface area (Å²) in [5.74, 6) is 0. The lowest BCUT2D eigenvalue weighted by Gasteiger charge is -2.26. The second-order valence-corrected chi connectivity index (χ2v) is 19.3. The first-order chi connectivity index (χ1) is 13.2. The molecule has 7 heteroatoms. The van der Waals surface area contributed by atoms with Crippen molar-refractivity contribution in [2.75, 3.05) is 14.2 Å². The molecule has 27 heavy (non-hydrogen) atoms. The number of rotatable bonds is 20. The summed E-state index contributed by atoms with van der Waals surface area (Å²) in [6.07, 6.45) is 10.8. The van der Waals surface area contributed by atoms with E-state index in [1.54, 1.807) is 0 Å². The highest BCUT2D eigenvalue weighted by Gasteiger charge is 2.26. The summed E-state index contributed by atoms with van der Waals surface area (Å²) in [5.41, 5.74) is 0. The molecule has 0 rings (SSSR count). The second-order valence-electron chi connectivity index (χ2n) is 7.56. The van der Waals surface area contributed by atoms with Gasteiger partial charge >= 0.3 is 0 Å². The van der Waals surface area contributed by atoms with Crippen LogP contribution in [0.3, 0.4) is 0 Å². The fraction of sp³-hybridized carbons (Fsp3) is 1.00. The molecule has 0 fully saturated rings. The second kappa shape index (κ2) is 20.7. The van der Waals surface area contributed by atoms with Gasteiger partial charge in [0, 0.05) is 14.2 Å². The Morgan fingerprint density at radius 2 is 0.889 bits per heavy atom. The fourth-order valence-electron chi connectivity index (χ4n) is 3.42. The molecule has 2 nitrogen and oxygen atoms in total. The molecule has 0 heterocycles. The Kier molecular flexibility index (Phi) is 21.7. The molecule has 2 unspecified atom stereocenters. The molecule has 0 aromatic rings. The van der Waals surface area contributed by atoms with Gasteiger partial charge in [-0.05, 0) is 9.83 Å². The van der Waals surface area contributed by atoms with Gasteiger partial charge in [-0.25, -0.2) is 0 Å². The molecule has 0 amide bonds. The molecule has 0 aliphatic rings. The van der Waals surface area contributed by atoms with E-state index in [0.717, 1.165) is 0 Å². The van der Waals surface area contributed by atoms with Crippen molar-refractivity contribution >= 4 is 49.0 Å². The van der Waals surface area contributed by atoms with Crippen molar-refractivity contribution in [3.05, 3.63) is 0 Å². The summed E-state index contributed by atoms with van der Waals surface area (Å²) in [5, 5.41) is 0.897. The van der Waals surface area contributed by atoms with Gasteiger partial charge in [-0.2, -0.15) is 0 Å². The first-order valence-corrected chi connectivity index (χ1v) is 19.4. The zero-order valence-corrected chi connectivity index (χ0v) is 23.6. The average molecular weight is 471 g/mol. The predicted octanol–water partition coefficient (Wildman–Crippen LogP) is 7.69. The van der Waals surface area contributed by atoms with Gasteiger partial charge in [0.15, 0.2) is 0 Å². The van der Waals surface area contributed by atoms with Crippen molar-refractivity contribution in [1.82, 2.24) is 0 Å².